The predicted octanol–water partition coefficient (Wildman–Crippen LogP) is 4.80. The zero-order valence-corrected chi connectivity index (χ0v) is 16.2. The number of ether oxygens (including phenoxy) is 1. The van der Waals surface area contributed by atoms with E-state index >= 15 is 0 Å². The van der Waals surface area contributed by atoms with E-state index in [2.05, 4.69) is 5.32 Å². The number of carbonyl (C=O) groups is 2. The smallest absolute Gasteiger partial charge is 0.265 e. The molecule has 0 bridgehead atoms. The van der Waals surface area contributed by atoms with Crippen LogP contribution < -0.4 is 15.0 Å². The molecule has 0 radical (unpaired) electrons. The average molecular weight is 429 g/mol. The Morgan fingerprint density at radius 3 is 2.60 bits per heavy atom. The maximum absolute atomic E-state index is 14.0. The molecule has 0 aromatic heterocycles. The Bertz CT molecular complexity index is 1130. The Labute approximate surface area is 175 Å². The van der Waals surface area contributed by atoms with Gasteiger partial charge in [-0.1, -0.05) is 35.9 Å². The van der Waals surface area contributed by atoms with Crippen LogP contribution in [-0.2, 0) is 11.3 Å². The van der Waals surface area contributed by atoms with E-state index in [0.29, 0.717) is 22.7 Å². The van der Waals surface area contributed by atoms with Crippen LogP contribution in [0.3, 0.4) is 0 Å². The van der Waals surface area contributed by atoms with Crippen LogP contribution in [-0.4, -0.2) is 18.4 Å². The highest BCUT2D eigenvalue weighted by atomic mass is 35.5. The zero-order chi connectivity index (χ0) is 21.3. The van der Waals surface area contributed by atoms with Crippen molar-refractivity contribution in [2.45, 2.75) is 6.54 Å². The van der Waals surface area contributed by atoms with Gasteiger partial charge in [0.1, 0.15) is 17.4 Å². The highest BCUT2D eigenvalue weighted by Gasteiger charge is 2.27. The Morgan fingerprint density at radius 2 is 1.83 bits per heavy atom. The molecule has 1 heterocycles. The number of amides is 2. The van der Waals surface area contributed by atoms with E-state index in [1.54, 1.807) is 30.3 Å². The molecule has 152 valence electrons. The first-order chi connectivity index (χ1) is 14.4. The Hall–Kier alpha value is -3.45. The summed E-state index contributed by atoms with van der Waals surface area (Å²) in [7, 11) is 0. The molecule has 5 nitrogen and oxygen atoms in total. The summed E-state index contributed by atoms with van der Waals surface area (Å²) in [6.07, 6.45) is 0. The summed E-state index contributed by atoms with van der Waals surface area (Å²) in [5, 5.41) is 2.56. The highest BCUT2D eigenvalue weighted by Crippen LogP contribution is 2.36. The van der Waals surface area contributed by atoms with E-state index in [-0.39, 0.29) is 29.6 Å². The van der Waals surface area contributed by atoms with Crippen LogP contribution in [0.15, 0.2) is 60.7 Å². The van der Waals surface area contributed by atoms with Gasteiger partial charge in [0.15, 0.2) is 6.61 Å². The lowest BCUT2D eigenvalue weighted by Crippen LogP contribution is -2.38. The van der Waals surface area contributed by atoms with Crippen molar-refractivity contribution in [1.82, 2.24) is 0 Å². The molecule has 1 N–H and O–H groups in total. The number of nitrogens with zero attached hydrogens (tertiary/aromatic N) is 1. The Balaban J connectivity index is 1.60. The zero-order valence-electron chi connectivity index (χ0n) is 15.5. The number of carbonyl (C=O) groups excluding carboxylic acids is 2. The second kappa shape index (κ2) is 8.12. The van der Waals surface area contributed by atoms with Gasteiger partial charge in [0, 0.05) is 17.3 Å². The minimum Gasteiger partial charge on any atom is -0.481 e. The lowest BCUT2D eigenvalue weighted by atomic mass is 10.1. The lowest BCUT2D eigenvalue weighted by molar-refractivity contribution is -0.121. The van der Waals surface area contributed by atoms with E-state index < -0.39 is 17.5 Å². The summed E-state index contributed by atoms with van der Waals surface area (Å²) < 4.78 is 33.5. The number of hydrogen-bond acceptors (Lipinski definition) is 3. The summed E-state index contributed by atoms with van der Waals surface area (Å²) in [6.45, 7) is -0.184. The van der Waals surface area contributed by atoms with Crippen LogP contribution in [0.2, 0.25) is 5.02 Å². The van der Waals surface area contributed by atoms with Gasteiger partial charge >= 0.3 is 0 Å². The van der Waals surface area contributed by atoms with Crippen molar-refractivity contribution in [3.05, 3.63) is 88.4 Å². The first-order valence-corrected chi connectivity index (χ1v) is 9.38. The first-order valence-electron chi connectivity index (χ1n) is 9.00. The standard InChI is InChI=1S/C22H15ClF2N2O3/c23-15-5-3-7-17(25)21(15)22(29)26-14-8-9-18-19(10-14)30-12-20(28)27(18)11-13-4-1-2-6-16(13)24/h1-10H,11-12H2,(H,26,29). The molecule has 4 rings (SSSR count). The number of nitrogens with one attached hydrogen (secondary N) is 1. The highest BCUT2D eigenvalue weighted by molar-refractivity contribution is 6.34. The first kappa shape index (κ1) is 19.8. The number of anilines is 2. The third-order valence-electron chi connectivity index (χ3n) is 4.64. The summed E-state index contributed by atoms with van der Waals surface area (Å²) in [6, 6.07) is 14.8. The van der Waals surface area contributed by atoms with Crippen LogP contribution in [0.4, 0.5) is 20.2 Å². The van der Waals surface area contributed by atoms with Gasteiger partial charge in [0.25, 0.3) is 11.8 Å². The van der Waals surface area contributed by atoms with Gasteiger partial charge in [0.05, 0.1) is 22.8 Å². The topological polar surface area (TPSA) is 58.6 Å². The van der Waals surface area contributed by atoms with Crippen molar-refractivity contribution < 1.29 is 23.1 Å². The molecule has 0 aliphatic carbocycles. The van der Waals surface area contributed by atoms with E-state index in [9.17, 15) is 18.4 Å². The fourth-order valence-corrected chi connectivity index (χ4v) is 3.41. The molecule has 1 aliphatic rings. The second-order valence-electron chi connectivity index (χ2n) is 6.59. The number of rotatable bonds is 4. The quantitative estimate of drug-likeness (QED) is 0.649. The van der Waals surface area contributed by atoms with Crippen LogP contribution >= 0.6 is 11.6 Å². The SMILES string of the molecule is O=C(Nc1ccc2c(c1)OCC(=O)N2Cc1ccccc1F)c1c(F)cccc1Cl. The van der Waals surface area contributed by atoms with Gasteiger partial charge in [-0.15, -0.1) is 0 Å². The molecule has 8 heteroatoms. The average Bonchev–Trinajstić information content (AvgIpc) is 2.71. The van der Waals surface area contributed by atoms with Crippen molar-refractivity contribution in [3.63, 3.8) is 0 Å². The number of benzene rings is 3. The molecule has 3 aromatic carbocycles. The maximum Gasteiger partial charge on any atom is 0.265 e. The molecule has 0 saturated carbocycles. The molecule has 1 aliphatic heterocycles. The van der Waals surface area contributed by atoms with Crippen LogP contribution in [0, 0.1) is 11.6 Å². The molecular weight excluding hydrogens is 414 g/mol. The van der Waals surface area contributed by atoms with Crippen LogP contribution in [0.25, 0.3) is 0 Å². The minimum atomic E-state index is -0.740. The molecule has 0 saturated heterocycles. The van der Waals surface area contributed by atoms with Crippen LogP contribution in [0.1, 0.15) is 15.9 Å². The molecule has 0 unspecified atom stereocenters. The number of fused-ring (bicyclic) bond motifs is 1. The maximum atomic E-state index is 14.0. The summed E-state index contributed by atoms with van der Waals surface area (Å²) in [5.41, 5.74) is 0.870. The van der Waals surface area contributed by atoms with Crippen LogP contribution in [0.5, 0.6) is 5.75 Å². The number of halogens is 3. The Kier molecular flexibility index (Phi) is 5.37. The van der Waals surface area contributed by atoms with E-state index in [1.165, 1.54) is 29.2 Å². The van der Waals surface area contributed by atoms with E-state index in [0.717, 1.165) is 6.07 Å². The van der Waals surface area contributed by atoms with Crippen molar-refractivity contribution >= 4 is 34.8 Å². The molecule has 30 heavy (non-hydrogen) atoms. The predicted molar refractivity (Wildman–Crippen MR) is 109 cm³/mol. The molecule has 0 atom stereocenters. The van der Waals surface area contributed by atoms with Gasteiger partial charge in [-0.2, -0.15) is 0 Å². The van der Waals surface area contributed by atoms with Crippen molar-refractivity contribution in [2.75, 3.05) is 16.8 Å². The monoisotopic (exact) mass is 428 g/mol. The van der Waals surface area contributed by atoms with Gasteiger partial charge in [-0.25, -0.2) is 8.78 Å². The van der Waals surface area contributed by atoms with Crippen molar-refractivity contribution in [2.24, 2.45) is 0 Å². The summed E-state index contributed by atoms with van der Waals surface area (Å²) in [4.78, 5) is 26.2. The van der Waals surface area contributed by atoms with Gasteiger partial charge in [-0.05, 0) is 30.3 Å². The number of hydrogen-bond donors (Lipinski definition) is 1. The Morgan fingerprint density at radius 1 is 1.07 bits per heavy atom. The molecular formula is C22H15ClF2N2O3. The fourth-order valence-electron chi connectivity index (χ4n) is 3.16. The molecule has 0 spiro atoms. The molecule has 0 fully saturated rings. The van der Waals surface area contributed by atoms with Gasteiger partial charge in [0.2, 0.25) is 0 Å². The largest absolute Gasteiger partial charge is 0.481 e. The van der Waals surface area contributed by atoms with Gasteiger partial charge < -0.3 is 15.0 Å². The second-order valence-corrected chi connectivity index (χ2v) is 7.00. The lowest BCUT2D eigenvalue weighted by Gasteiger charge is -2.30. The molecule has 3 aromatic rings. The molecule has 2 amide bonds. The van der Waals surface area contributed by atoms with E-state index in [1.807, 2.05) is 0 Å². The third kappa shape index (κ3) is 3.84. The normalized spacial score (nSPS) is 12.9. The third-order valence-corrected chi connectivity index (χ3v) is 4.95. The van der Waals surface area contributed by atoms with Crippen molar-refractivity contribution in [1.29, 1.82) is 0 Å². The fraction of sp³-hybridized carbons (Fsp3) is 0.0909. The minimum absolute atomic E-state index is 0.0108. The van der Waals surface area contributed by atoms with Gasteiger partial charge in [-0.3, -0.25) is 9.59 Å². The summed E-state index contributed by atoms with van der Waals surface area (Å²) in [5.74, 6) is -1.85. The van der Waals surface area contributed by atoms with Crippen molar-refractivity contribution in [3.8, 4) is 5.75 Å². The summed E-state index contributed by atoms with van der Waals surface area (Å²) >= 11 is 5.93. The van der Waals surface area contributed by atoms with E-state index in [4.69, 9.17) is 16.3 Å².